The lowest BCUT2D eigenvalue weighted by molar-refractivity contribution is 0.191. The fourth-order valence-corrected chi connectivity index (χ4v) is 3.42. The molecule has 1 aliphatic carbocycles. The molecular formula is C13H19BrN2. The Morgan fingerprint density at radius 3 is 2.88 bits per heavy atom. The number of hydrogen-bond acceptors (Lipinski definition) is 2. The Hall–Kier alpha value is -0.410. The topological polar surface area (TPSA) is 16.1 Å². The number of halogens is 1. The third-order valence-corrected chi connectivity index (χ3v) is 4.42. The van der Waals surface area contributed by atoms with Gasteiger partial charge in [-0.1, -0.05) is 34.8 Å². The summed E-state index contributed by atoms with van der Waals surface area (Å²) >= 11 is 3.81. The molecule has 0 aliphatic heterocycles. The van der Waals surface area contributed by atoms with E-state index in [4.69, 9.17) is 0 Å². The van der Waals surface area contributed by atoms with E-state index in [1.807, 2.05) is 12.3 Å². The van der Waals surface area contributed by atoms with Gasteiger partial charge in [-0.05, 0) is 32.0 Å². The first-order chi connectivity index (χ1) is 7.77. The molecule has 0 spiro atoms. The van der Waals surface area contributed by atoms with Gasteiger partial charge in [0, 0.05) is 23.6 Å². The average Bonchev–Trinajstić information content (AvgIpc) is 2.31. The van der Waals surface area contributed by atoms with Crippen molar-refractivity contribution in [3.63, 3.8) is 0 Å². The van der Waals surface area contributed by atoms with Gasteiger partial charge in [0.15, 0.2) is 0 Å². The van der Waals surface area contributed by atoms with E-state index in [1.165, 1.54) is 25.7 Å². The maximum absolute atomic E-state index is 4.38. The van der Waals surface area contributed by atoms with Gasteiger partial charge in [-0.25, -0.2) is 0 Å². The second-order valence-electron chi connectivity index (χ2n) is 4.60. The standard InChI is InChI=1S/C13H19BrN2/c1-16(10-11-6-4-5-9-15-11)13-8-3-2-7-12(13)14/h4-6,9,12-13H,2-3,7-8,10H2,1H3. The molecule has 2 nitrogen and oxygen atoms in total. The molecular weight excluding hydrogens is 264 g/mol. The summed E-state index contributed by atoms with van der Waals surface area (Å²) in [5, 5.41) is 0. The summed E-state index contributed by atoms with van der Waals surface area (Å²) in [6, 6.07) is 6.79. The summed E-state index contributed by atoms with van der Waals surface area (Å²) in [7, 11) is 2.21. The van der Waals surface area contributed by atoms with Crippen molar-refractivity contribution in [2.45, 2.75) is 43.1 Å². The second kappa shape index (κ2) is 5.78. The van der Waals surface area contributed by atoms with Gasteiger partial charge in [0.25, 0.3) is 0 Å². The van der Waals surface area contributed by atoms with Gasteiger partial charge < -0.3 is 0 Å². The van der Waals surface area contributed by atoms with Crippen LogP contribution in [0.2, 0.25) is 0 Å². The second-order valence-corrected chi connectivity index (χ2v) is 5.78. The van der Waals surface area contributed by atoms with Crippen LogP contribution in [0.25, 0.3) is 0 Å². The molecule has 0 saturated heterocycles. The average molecular weight is 283 g/mol. The van der Waals surface area contributed by atoms with Crippen molar-refractivity contribution in [2.75, 3.05) is 7.05 Å². The normalized spacial score (nSPS) is 25.9. The Morgan fingerprint density at radius 2 is 2.19 bits per heavy atom. The van der Waals surface area contributed by atoms with Crippen LogP contribution in [0.15, 0.2) is 24.4 Å². The first-order valence-electron chi connectivity index (χ1n) is 6.01. The minimum atomic E-state index is 0.648. The number of alkyl halides is 1. The van der Waals surface area contributed by atoms with Crippen molar-refractivity contribution in [2.24, 2.45) is 0 Å². The van der Waals surface area contributed by atoms with Crippen LogP contribution in [0, 0.1) is 0 Å². The number of aromatic nitrogens is 1. The van der Waals surface area contributed by atoms with Crippen molar-refractivity contribution < 1.29 is 0 Å². The lowest BCUT2D eigenvalue weighted by atomic mass is 9.94. The Kier molecular flexibility index (Phi) is 4.36. The highest BCUT2D eigenvalue weighted by Gasteiger charge is 2.26. The van der Waals surface area contributed by atoms with Crippen LogP contribution < -0.4 is 0 Å². The number of pyridine rings is 1. The van der Waals surface area contributed by atoms with Crippen molar-refractivity contribution >= 4 is 15.9 Å². The highest BCUT2D eigenvalue weighted by atomic mass is 79.9. The highest BCUT2D eigenvalue weighted by Crippen LogP contribution is 2.28. The van der Waals surface area contributed by atoms with Crippen LogP contribution in [0.1, 0.15) is 31.4 Å². The molecule has 0 amide bonds. The zero-order valence-corrected chi connectivity index (χ0v) is 11.4. The maximum Gasteiger partial charge on any atom is 0.0543 e. The third-order valence-electron chi connectivity index (χ3n) is 3.35. The SMILES string of the molecule is CN(Cc1ccccn1)C1CCCCC1Br. The summed E-state index contributed by atoms with van der Waals surface area (Å²) < 4.78 is 0. The monoisotopic (exact) mass is 282 g/mol. The van der Waals surface area contributed by atoms with E-state index in [0.29, 0.717) is 10.9 Å². The number of hydrogen-bond donors (Lipinski definition) is 0. The molecule has 0 aromatic carbocycles. The number of nitrogens with zero attached hydrogens (tertiary/aromatic N) is 2. The zero-order valence-electron chi connectivity index (χ0n) is 9.77. The predicted molar refractivity (Wildman–Crippen MR) is 70.7 cm³/mol. The van der Waals surface area contributed by atoms with Crippen LogP contribution in [0.5, 0.6) is 0 Å². The molecule has 0 N–H and O–H groups in total. The molecule has 3 heteroatoms. The molecule has 1 fully saturated rings. The van der Waals surface area contributed by atoms with E-state index >= 15 is 0 Å². The van der Waals surface area contributed by atoms with Gasteiger partial charge in [0.05, 0.1) is 5.69 Å². The van der Waals surface area contributed by atoms with Gasteiger partial charge in [-0.15, -0.1) is 0 Å². The zero-order chi connectivity index (χ0) is 11.4. The van der Waals surface area contributed by atoms with E-state index in [2.05, 4.69) is 45.0 Å². The molecule has 1 aromatic heterocycles. The van der Waals surface area contributed by atoms with Gasteiger partial charge in [-0.3, -0.25) is 9.88 Å². The van der Waals surface area contributed by atoms with Crippen molar-refractivity contribution in [3.05, 3.63) is 30.1 Å². The Morgan fingerprint density at radius 1 is 1.38 bits per heavy atom. The van der Waals surface area contributed by atoms with Gasteiger partial charge in [0.1, 0.15) is 0 Å². The third kappa shape index (κ3) is 3.05. The lowest BCUT2D eigenvalue weighted by Gasteiger charge is -2.35. The molecule has 1 aliphatic rings. The largest absolute Gasteiger partial charge is 0.296 e. The molecule has 88 valence electrons. The number of rotatable bonds is 3. The van der Waals surface area contributed by atoms with Crippen molar-refractivity contribution in [1.82, 2.24) is 9.88 Å². The maximum atomic E-state index is 4.38. The summed E-state index contributed by atoms with van der Waals surface area (Å²) in [6.45, 7) is 0.952. The van der Waals surface area contributed by atoms with Crippen molar-refractivity contribution in [3.8, 4) is 0 Å². The summed E-state index contributed by atoms with van der Waals surface area (Å²) in [6.07, 6.45) is 7.20. The summed E-state index contributed by atoms with van der Waals surface area (Å²) in [5.41, 5.74) is 1.16. The van der Waals surface area contributed by atoms with Crippen LogP contribution in [-0.2, 0) is 6.54 Å². The van der Waals surface area contributed by atoms with Crippen LogP contribution in [-0.4, -0.2) is 27.8 Å². The molecule has 2 rings (SSSR count). The molecule has 1 saturated carbocycles. The molecule has 16 heavy (non-hydrogen) atoms. The van der Waals surface area contributed by atoms with Gasteiger partial charge in [0.2, 0.25) is 0 Å². The quantitative estimate of drug-likeness (QED) is 0.792. The van der Waals surface area contributed by atoms with E-state index in [9.17, 15) is 0 Å². The smallest absolute Gasteiger partial charge is 0.0543 e. The minimum Gasteiger partial charge on any atom is -0.296 e. The Labute approximate surface area is 106 Å². The first kappa shape index (κ1) is 12.1. The molecule has 0 bridgehead atoms. The minimum absolute atomic E-state index is 0.648. The van der Waals surface area contributed by atoms with Crippen LogP contribution >= 0.6 is 15.9 Å². The molecule has 1 aromatic rings. The van der Waals surface area contributed by atoms with Crippen LogP contribution in [0.4, 0.5) is 0 Å². The molecule has 2 unspecified atom stereocenters. The van der Waals surface area contributed by atoms with Gasteiger partial charge >= 0.3 is 0 Å². The van der Waals surface area contributed by atoms with Crippen molar-refractivity contribution in [1.29, 1.82) is 0 Å². The summed E-state index contributed by atoms with van der Waals surface area (Å²) in [4.78, 5) is 7.46. The van der Waals surface area contributed by atoms with E-state index < -0.39 is 0 Å². The van der Waals surface area contributed by atoms with E-state index in [0.717, 1.165) is 12.2 Å². The van der Waals surface area contributed by atoms with E-state index in [1.54, 1.807) is 0 Å². The fourth-order valence-electron chi connectivity index (χ4n) is 2.43. The predicted octanol–water partition coefficient (Wildman–Crippen LogP) is 3.22. The summed E-state index contributed by atoms with van der Waals surface area (Å²) in [5.74, 6) is 0. The molecule has 1 heterocycles. The highest BCUT2D eigenvalue weighted by molar-refractivity contribution is 9.09. The molecule has 0 radical (unpaired) electrons. The Balaban J connectivity index is 1.94. The van der Waals surface area contributed by atoms with Gasteiger partial charge in [-0.2, -0.15) is 0 Å². The van der Waals surface area contributed by atoms with E-state index in [-0.39, 0.29) is 0 Å². The lowest BCUT2D eigenvalue weighted by Crippen LogP contribution is -2.40. The van der Waals surface area contributed by atoms with Crippen LogP contribution in [0.3, 0.4) is 0 Å². The molecule has 2 atom stereocenters. The fraction of sp³-hybridized carbons (Fsp3) is 0.615. The first-order valence-corrected chi connectivity index (χ1v) is 6.93. The Bertz CT molecular complexity index is 315.